The monoisotopic (exact) mass is 341 g/mol. The summed E-state index contributed by atoms with van der Waals surface area (Å²) in [4.78, 5) is 23.9. The molecule has 2 aromatic carbocycles. The normalized spacial score (nSPS) is 13.0. The summed E-state index contributed by atoms with van der Waals surface area (Å²) in [6.45, 7) is 2.08. The Morgan fingerprint density at radius 1 is 1.08 bits per heavy atom. The molecule has 0 fully saturated rings. The molecule has 2 atom stereocenters. The standard InChI is InChI=1S/C20H23NO4/c1-14(20(23)24)19(17-9-4-3-5-10-17)21-18(22)12-15-7-6-8-16(11-15)13-25-2/h3-11,14,19H,12-13H2,1-2H3,(H,21,22)(H,23,24). The summed E-state index contributed by atoms with van der Waals surface area (Å²) in [5, 5.41) is 12.2. The van der Waals surface area contributed by atoms with Gasteiger partial charge >= 0.3 is 5.97 Å². The van der Waals surface area contributed by atoms with Crippen molar-refractivity contribution in [1.29, 1.82) is 0 Å². The van der Waals surface area contributed by atoms with Gasteiger partial charge in [0.1, 0.15) is 0 Å². The van der Waals surface area contributed by atoms with E-state index in [9.17, 15) is 14.7 Å². The Morgan fingerprint density at radius 3 is 2.40 bits per heavy atom. The maximum Gasteiger partial charge on any atom is 0.308 e. The molecule has 132 valence electrons. The van der Waals surface area contributed by atoms with Crippen molar-refractivity contribution < 1.29 is 19.4 Å². The molecule has 2 rings (SSSR count). The Hall–Kier alpha value is -2.66. The Labute approximate surface area is 147 Å². The van der Waals surface area contributed by atoms with E-state index in [2.05, 4.69) is 5.32 Å². The lowest BCUT2D eigenvalue weighted by molar-refractivity contribution is -0.142. The van der Waals surface area contributed by atoms with Gasteiger partial charge in [-0.2, -0.15) is 0 Å². The highest BCUT2D eigenvalue weighted by atomic mass is 16.5. The number of amides is 1. The predicted molar refractivity (Wildman–Crippen MR) is 95.0 cm³/mol. The number of hydrogen-bond donors (Lipinski definition) is 2. The van der Waals surface area contributed by atoms with E-state index >= 15 is 0 Å². The molecule has 5 nitrogen and oxygen atoms in total. The second-order valence-corrected chi connectivity index (χ2v) is 6.01. The average Bonchev–Trinajstić information content (AvgIpc) is 2.60. The number of carboxylic acid groups (broad SMARTS) is 1. The summed E-state index contributed by atoms with van der Waals surface area (Å²) < 4.78 is 5.10. The maximum absolute atomic E-state index is 12.5. The molecule has 0 aliphatic heterocycles. The fourth-order valence-corrected chi connectivity index (χ4v) is 2.71. The van der Waals surface area contributed by atoms with Gasteiger partial charge < -0.3 is 15.2 Å². The number of nitrogens with one attached hydrogen (secondary N) is 1. The highest BCUT2D eigenvalue weighted by Gasteiger charge is 2.26. The second kappa shape index (κ2) is 8.99. The predicted octanol–water partition coefficient (Wildman–Crippen LogP) is 2.95. The molecule has 0 spiro atoms. The molecule has 2 unspecified atom stereocenters. The van der Waals surface area contributed by atoms with Crippen LogP contribution in [0.1, 0.15) is 29.7 Å². The van der Waals surface area contributed by atoms with E-state index in [-0.39, 0.29) is 12.3 Å². The minimum Gasteiger partial charge on any atom is -0.481 e. The van der Waals surface area contributed by atoms with Gasteiger partial charge in [-0.05, 0) is 23.6 Å². The summed E-state index contributed by atoms with van der Waals surface area (Å²) in [6, 6.07) is 16.2. The average molecular weight is 341 g/mol. The van der Waals surface area contributed by atoms with Crippen LogP contribution in [-0.2, 0) is 27.4 Å². The largest absolute Gasteiger partial charge is 0.481 e. The first-order chi connectivity index (χ1) is 12.0. The van der Waals surface area contributed by atoms with E-state index in [1.165, 1.54) is 0 Å². The lowest BCUT2D eigenvalue weighted by Crippen LogP contribution is -2.36. The van der Waals surface area contributed by atoms with Crippen LogP contribution in [0.2, 0.25) is 0 Å². The van der Waals surface area contributed by atoms with Crippen LogP contribution in [0.4, 0.5) is 0 Å². The molecule has 25 heavy (non-hydrogen) atoms. The van der Waals surface area contributed by atoms with Crippen molar-refractivity contribution in [2.24, 2.45) is 5.92 Å². The fraction of sp³-hybridized carbons (Fsp3) is 0.300. The summed E-state index contributed by atoms with van der Waals surface area (Å²) in [6.07, 6.45) is 0.188. The number of benzene rings is 2. The van der Waals surface area contributed by atoms with Gasteiger partial charge in [0.2, 0.25) is 5.91 Å². The zero-order valence-corrected chi connectivity index (χ0v) is 14.4. The highest BCUT2D eigenvalue weighted by Crippen LogP contribution is 2.22. The number of aliphatic carboxylic acids is 1. The Kier molecular flexibility index (Phi) is 6.71. The number of hydrogen-bond acceptors (Lipinski definition) is 3. The molecule has 0 radical (unpaired) electrons. The SMILES string of the molecule is COCc1cccc(CC(=O)NC(c2ccccc2)C(C)C(=O)O)c1. The minimum atomic E-state index is -0.948. The molecule has 0 aromatic heterocycles. The van der Waals surface area contributed by atoms with Gasteiger partial charge in [-0.25, -0.2) is 0 Å². The lowest BCUT2D eigenvalue weighted by atomic mass is 9.94. The summed E-state index contributed by atoms with van der Waals surface area (Å²) in [5.41, 5.74) is 2.63. The zero-order valence-electron chi connectivity index (χ0n) is 14.4. The van der Waals surface area contributed by atoms with E-state index in [4.69, 9.17) is 4.74 Å². The molecule has 0 aliphatic rings. The van der Waals surface area contributed by atoms with Crippen molar-refractivity contribution >= 4 is 11.9 Å². The van der Waals surface area contributed by atoms with Gasteiger partial charge in [0, 0.05) is 7.11 Å². The first kappa shape index (κ1) is 18.7. The fourth-order valence-electron chi connectivity index (χ4n) is 2.71. The van der Waals surface area contributed by atoms with Crippen LogP contribution in [0.25, 0.3) is 0 Å². The van der Waals surface area contributed by atoms with Crippen LogP contribution >= 0.6 is 0 Å². The Morgan fingerprint density at radius 2 is 1.76 bits per heavy atom. The van der Waals surface area contributed by atoms with Crippen molar-refractivity contribution in [2.75, 3.05) is 7.11 Å². The van der Waals surface area contributed by atoms with E-state index in [1.807, 2.05) is 54.6 Å². The highest BCUT2D eigenvalue weighted by molar-refractivity contribution is 5.80. The molecule has 0 saturated heterocycles. The smallest absolute Gasteiger partial charge is 0.308 e. The van der Waals surface area contributed by atoms with Gasteiger partial charge in [0.15, 0.2) is 0 Å². The molecule has 0 saturated carbocycles. The van der Waals surface area contributed by atoms with Crippen molar-refractivity contribution in [2.45, 2.75) is 26.0 Å². The zero-order chi connectivity index (χ0) is 18.2. The van der Waals surface area contributed by atoms with Gasteiger partial charge in [0.05, 0.1) is 25.0 Å². The summed E-state index contributed by atoms with van der Waals surface area (Å²) in [7, 11) is 1.62. The number of carbonyl (C=O) groups is 2. The number of carboxylic acids is 1. The van der Waals surface area contributed by atoms with E-state index in [0.29, 0.717) is 6.61 Å². The minimum absolute atomic E-state index is 0.188. The molecule has 5 heteroatoms. The van der Waals surface area contributed by atoms with Gasteiger partial charge in [-0.1, -0.05) is 54.6 Å². The first-order valence-electron chi connectivity index (χ1n) is 8.15. The summed E-state index contributed by atoms with van der Waals surface area (Å²) in [5.74, 6) is -1.89. The number of methoxy groups -OCH3 is 1. The van der Waals surface area contributed by atoms with Crippen LogP contribution < -0.4 is 5.32 Å². The van der Waals surface area contributed by atoms with E-state index in [0.717, 1.165) is 16.7 Å². The van der Waals surface area contributed by atoms with Gasteiger partial charge in [-0.3, -0.25) is 9.59 Å². The third-order valence-electron chi connectivity index (χ3n) is 4.03. The van der Waals surface area contributed by atoms with Crippen molar-refractivity contribution in [3.05, 3.63) is 71.3 Å². The van der Waals surface area contributed by atoms with Crippen molar-refractivity contribution in [3.63, 3.8) is 0 Å². The van der Waals surface area contributed by atoms with Gasteiger partial charge in [0.25, 0.3) is 0 Å². The summed E-state index contributed by atoms with van der Waals surface area (Å²) >= 11 is 0. The molecule has 0 aliphatic carbocycles. The van der Waals surface area contributed by atoms with Crippen LogP contribution in [0.3, 0.4) is 0 Å². The van der Waals surface area contributed by atoms with Crippen molar-refractivity contribution in [3.8, 4) is 0 Å². The number of ether oxygens (including phenoxy) is 1. The molecular weight excluding hydrogens is 318 g/mol. The molecule has 0 heterocycles. The van der Waals surface area contributed by atoms with Crippen LogP contribution in [0.15, 0.2) is 54.6 Å². The third-order valence-corrected chi connectivity index (χ3v) is 4.03. The molecular formula is C20H23NO4. The molecule has 1 amide bonds. The van der Waals surface area contributed by atoms with Crippen LogP contribution in [-0.4, -0.2) is 24.1 Å². The third kappa shape index (κ3) is 5.43. The Balaban J connectivity index is 2.11. The van der Waals surface area contributed by atoms with Crippen LogP contribution in [0, 0.1) is 5.92 Å². The maximum atomic E-state index is 12.5. The Bertz CT molecular complexity index is 715. The molecule has 0 bridgehead atoms. The van der Waals surface area contributed by atoms with Crippen LogP contribution in [0.5, 0.6) is 0 Å². The molecule has 2 aromatic rings. The first-order valence-corrected chi connectivity index (χ1v) is 8.15. The topological polar surface area (TPSA) is 75.6 Å². The van der Waals surface area contributed by atoms with Crippen molar-refractivity contribution in [1.82, 2.24) is 5.32 Å². The van der Waals surface area contributed by atoms with E-state index in [1.54, 1.807) is 14.0 Å². The second-order valence-electron chi connectivity index (χ2n) is 6.01. The molecule has 2 N–H and O–H groups in total. The van der Waals surface area contributed by atoms with Gasteiger partial charge in [-0.15, -0.1) is 0 Å². The van der Waals surface area contributed by atoms with E-state index < -0.39 is 17.9 Å². The number of rotatable bonds is 8. The number of carbonyl (C=O) groups excluding carboxylic acids is 1. The quantitative estimate of drug-likeness (QED) is 0.774. The lowest BCUT2D eigenvalue weighted by Gasteiger charge is -2.23.